The maximum atomic E-state index is 11.8. The Balaban J connectivity index is 1.73. The Morgan fingerprint density at radius 2 is 1.87 bits per heavy atom. The van der Waals surface area contributed by atoms with E-state index in [4.69, 9.17) is 4.74 Å². The number of benzene rings is 2. The van der Waals surface area contributed by atoms with E-state index in [9.17, 15) is 4.79 Å². The molecule has 0 aromatic heterocycles. The lowest BCUT2D eigenvalue weighted by atomic mass is 9.92. The Bertz CT molecular complexity index is 657. The molecular formula is C19H22N2O2. The molecule has 2 aromatic rings. The van der Waals surface area contributed by atoms with Crippen LogP contribution in [-0.2, 0) is 11.3 Å². The van der Waals surface area contributed by atoms with Gasteiger partial charge in [0.15, 0.2) is 0 Å². The zero-order chi connectivity index (χ0) is 16.1. The Hall–Kier alpha value is -2.33. The molecule has 23 heavy (non-hydrogen) atoms. The maximum Gasteiger partial charge on any atom is 0.220 e. The molecular weight excluding hydrogens is 288 g/mol. The van der Waals surface area contributed by atoms with Gasteiger partial charge in [-0.15, -0.1) is 0 Å². The molecule has 120 valence electrons. The van der Waals surface area contributed by atoms with Gasteiger partial charge in [-0.1, -0.05) is 48.5 Å². The first-order valence-corrected chi connectivity index (χ1v) is 7.97. The van der Waals surface area contributed by atoms with Gasteiger partial charge in [0, 0.05) is 24.6 Å². The third kappa shape index (κ3) is 3.71. The number of rotatable bonds is 5. The first-order chi connectivity index (χ1) is 11.3. The van der Waals surface area contributed by atoms with Crippen molar-refractivity contribution in [1.29, 1.82) is 0 Å². The van der Waals surface area contributed by atoms with Crippen LogP contribution < -0.4 is 15.4 Å². The van der Waals surface area contributed by atoms with Gasteiger partial charge in [0.1, 0.15) is 5.75 Å². The summed E-state index contributed by atoms with van der Waals surface area (Å²) >= 11 is 0. The second kappa shape index (κ2) is 7.29. The van der Waals surface area contributed by atoms with Crippen molar-refractivity contribution in [1.82, 2.24) is 10.6 Å². The summed E-state index contributed by atoms with van der Waals surface area (Å²) in [7, 11) is 1.69. The molecule has 0 saturated carbocycles. The van der Waals surface area contributed by atoms with E-state index in [1.165, 1.54) is 0 Å². The van der Waals surface area contributed by atoms with Crippen LogP contribution in [0, 0.1) is 0 Å². The van der Waals surface area contributed by atoms with Crippen LogP contribution in [-0.4, -0.2) is 19.1 Å². The monoisotopic (exact) mass is 310 g/mol. The number of carbonyl (C=O) groups is 1. The molecule has 0 radical (unpaired) electrons. The number of piperidine rings is 1. The number of nitrogens with one attached hydrogen (secondary N) is 2. The van der Waals surface area contributed by atoms with E-state index < -0.39 is 0 Å². The van der Waals surface area contributed by atoms with Gasteiger partial charge in [0.05, 0.1) is 13.2 Å². The normalized spacial score (nSPS) is 20.8. The highest BCUT2D eigenvalue weighted by atomic mass is 16.5. The van der Waals surface area contributed by atoms with Crippen molar-refractivity contribution >= 4 is 5.91 Å². The molecule has 0 bridgehead atoms. The third-order valence-electron chi connectivity index (χ3n) is 4.31. The lowest BCUT2D eigenvalue weighted by Gasteiger charge is -2.33. The SMILES string of the molecule is COc1ccccc1CN[C@@H]1CCC(=O)N[C@@H]1c1ccccc1. The van der Waals surface area contributed by atoms with Crippen LogP contribution in [0.1, 0.15) is 30.0 Å². The van der Waals surface area contributed by atoms with Crippen LogP contribution in [0.4, 0.5) is 0 Å². The molecule has 1 aliphatic rings. The summed E-state index contributed by atoms with van der Waals surface area (Å²) in [5.74, 6) is 1.00. The van der Waals surface area contributed by atoms with Gasteiger partial charge >= 0.3 is 0 Å². The molecule has 1 heterocycles. The first kappa shape index (κ1) is 15.6. The number of methoxy groups -OCH3 is 1. The summed E-state index contributed by atoms with van der Waals surface area (Å²) in [5, 5.41) is 6.70. The summed E-state index contributed by atoms with van der Waals surface area (Å²) < 4.78 is 5.40. The van der Waals surface area contributed by atoms with E-state index in [1.54, 1.807) is 7.11 Å². The Kier molecular flexibility index (Phi) is 4.93. The van der Waals surface area contributed by atoms with E-state index in [-0.39, 0.29) is 18.0 Å². The third-order valence-corrected chi connectivity index (χ3v) is 4.31. The highest BCUT2D eigenvalue weighted by Gasteiger charge is 2.29. The molecule has 0 spiro atoms. The minimum Gasteiger partial charge on any atom is -0.496 e. The van der Waals surface area contributed by atoms with E-state index in [0.717, 1.165) is 23.3 Å². The summed E-state index contributed by atoms with van der Waals surface area (Å²) in [4.78, 5) is 11.8. The zero-order valence-electron chi connectivity index (χ0n) is 13.3. The number of hydrogen-bond donors (Lipinski definition) is 2. The van der Waals surface area contributed by atoms with E-state index >= 15 is 0 Å². The molecule has 2 N–H and O–H groups in total. The van der Waals surface area contributed by atoms with Gasteiger partial charge in [-0.2, -0.15) is 0 Å². The fraction of sp³-hybridized carbons (Fsp3) is 0.316. The number of ether oxygens (including phenoxy) is 1. The molecule has 4 nitrogen and oxygen atoms in total. The largest absolute Gasteiger partial charge is 0.496 e. The second-order valence-corrected chi connectivity index (χ2v) is 5.79. The van der Waals surface area contributed by atoms with Gasteiger partial charge in [-0.05, 0) is 18.1 Å². The topological polar surface area (TPSA) is 50.4 Å². The van der Waals surface area contributed by atoms with Crippen molar-refractivity contribution < 1.29 is 9.53 Å². The van der Waals surface area contributed by atoms with Crippen LogP contribution in [0.15, 0.2) is 54.6 Å². The Labute approximate surface area is 136 Å². The van der Waals surface area contributed by atoms with Gasteiger partial charge < -0.3 is 15.4 Å². The Morgan fingerprint density at radius 3 is 2.65 bits per heavy atom. The molecule has 1 amide bonds. The van der Waals surface area contributed by atoms with Crippen molar-refractivity contribution in [2.75, 3.05) is 7.11 Å². The standard InChI is InChI=1S/C19H22N2O2/c1-23-17-10-6-5-9-15(17)13-20-16-11-12-18(22)21-19(16)14-7-3-2-4-8-14/h2-10,16,19-20H,11-13H2,1H3,(H,21,22)/t16-,19-/m1/s1. The van der Waals surface area contributed by atoms with Crippen LogP contribution in [0.3, 0.4) is 0 Å². The van der Waals surface area contributed by atoms with Crippen LogP contribution in [0.5, 0.6) is 5.75 Å². The fourth-order valence-electron chi connectivity index (χ4n) is 3.09. The molecule has 2 aromatic carbocycles. The number of hydrogen-bond acceptors (Lipinski definition) is 3. The molecule has 0 unspecified atom stereocenters. The van der Waals surface area contributed by atoms with Crippen molar-refractivity contribution in [3.63, 3.8) is 0 Å². The van der Waals surface area contributed by atoms with Crippen molar-refractivity contribution in [3.8, 4) is 5.75 Å². The van der Waals surface area contributed by atoms with Crippen LogP contribution >= 0.6 is 0 Å². The van der Waals surface area contributed by atoms with E-state index in [2.05, 4.69) is 28.8 Å². The highest BCUT2D eigenvalue weighted by molar-refractivity contribution is 5.77. The van der Waals surface area contributed by atoms with Gasteiger partial charge in [0.2, 0.25) is 5.91 Å². The molecule has 1 saturated heterocycles. The molecule has 1 fully saturated rings. The molecule has 0 aliphatic carbocycles. The van der Waals surface area contributed by atoms with Crippen molar-refractivity contribution in [2.45, 2.75) is 31.5 Å². The maximum absolute atomic E-state index is 11.8. The van der Waals surface area contributed by atoms with Crippen molar-refractivity contribution in [2.24, 2.45) is 0 Å². The average molecular weight is 310 g/mol. The smallest absolute Gasteiger partial charge is 0.220 e. The lowest BCUT2D eigenvalue weighted by molar-refractivity contribution is -0.123. The molecule has 1 aliphatic heterocycles. The molecule has 2 atom stereocenters. The summed E-state index contributed by atoms with van der Waals surface area (Å²) in [6, 6.07) is 18.4. The quantitative estimate of drug-likeness (QED) is 0.893. The predicted octanol–water partition coefficient (Wildman–Crippen LogP) is 2.80. The van der Waals surface area contributed by atoms with E-state index in [1.807, 2.05) is 36.4 Å². The van der Waals surface area contributed by atoms with Crippen LogP contribution in [0.2, 0.25) is 0 Å². The van der Waals surface area contributed by atoms with Gasteiger partial charge in [-0.3, -0.25) is 4.79 Å². The Morgan fingerprint density at radius 1 is 1.13 bits per heavy atom. The van der Waals surface area contributed by atoms with Gasteiger partial charge in [-0.25, -0.2) is 0 Å². The number of amides is 1. The average Bonchev–Trinajstić information content (AvgIpc) is 2.61. The summed E-state index contributed by atoms with van der Waals surface area (Å²) in [6.07, 6.45) is 1.40. The summed E-state index contributed by atoms with van der Waals surface area (Å²) in [6.45, 7) is 0.716. The highest BCUT2D eigenvalue weighted by Crippen LogP contribution is 2.25. The minimum atomic E-state index is 0.00663. The molecule has 3 rings (SSSR count). The minimum absolute atomic E-state index is 0.00663. The fourth-order valence-corrected chi connectivity index (χ4v) is 3.09. The first-order valence-electron chi connectivity index (χ1n) is 7.97. The lowest BCUT2D eigenvalue weighted by Crippen LogP contribution is -2.48. The number of carbonyl (C=O) groups excluding carboxylic acids is 1. The second-order valence-electron chi connectivity index (χ2n) is 5.79. The zero-order valence-corrected chi connectivity index (χ0v) is 13.3. The van der Waals surface area contributed by atoms with Crippen molar-refractivity contribution in [3.05, 3.63) is 65.7 Å². The number of para-hydroxylation sites is 1. The summed E-state index contributed by atoms with van der Waals surface area (Å²) in [5.41, 5.74) is 2.26. The predicted molar refractivity (Wildman–Crippen MR) is 90.2 cm³/mol. The van der Waals surface area contributed by atoms with Gasteiger partial charge in [0.25, 0.3) is 0 Å². The van der Waals surface area contributed by atoms with E-state index in [0.29, 0.717) is 13.0 Å². The van der Waals surface area contributed by atoms with Crippen LogP contribution in [0.25, 0.3) is 0 Å². The molecule has 4 heteroatoms.